The van der Waals surface area contributed by atoms with Crippen molar-refractivity contribution in [3.05, 3.63) is 35.5 Å². The molecule has 0 spiro atoms. The Morgan fingerprint density at radius 3 is 3.00 bits per heavy atom. The van der Waals surface area contributed by atoms with E-state index in [-0.39, 0.29) is 0 Å². The van der Waals surface area contributed by atoms with Crippen molar-refractivity contribution in [3.63, 3.8) is 0 Å². The maximum absolute atomic E-state index is 4.39. The van der Waals surface area contributed by atoms with Gasteiger partial charge in [0.25, 0.3) is 0 Å². The molecule has 0 radical (unpaired) electrons. The third kappa shape index (κ3) is 1.41. The van der Waals surface area contributed by atoms with Crippen LogP contribution in [-0.2, 0) is 0 Å². The lowest BCUT2D eigenvalue weighted by Gasteiger charge is -2.16. The zero-order valence-corrected chi connectivity index (χ0v) is 7.71. The van der Waals surface area contributed by atoms with Gasteiger partial charge in [-0.2, -0.15) is 0 Å². The summed E-state index contributed by atoms with van der Waals surface area (Å²) in [4.78, 5) is 6.53. The molecular weight excluding hydrogens is 168 g/mol. The van der Waals surface area contributed by atoms with Crippen LogP contribution in [0.5, 0.6) is 0 Å². The van der Waals surface area contributed by atoms with Gasteiger partial charge >= 0.3 is 0 Å². The Balaban J connectivity index is 2.20. The van der Waals surface area contributed by atoms with Gasteiger partial charge in [-0.25, -0.2) is 4.98 Å². The molecule has 0 bridgehead atoms. The van der Waals surface area contributed by atoms with Crippen molar-refractivity contribution in [3.8, 4) is 0 Å². The van der Waals surface area contributed by atoms with E-state index < -0.39 is 0 Å². The number of hydrogen-bond acceptors (Lipinski definition) is 3. The molecule has 0 aromatic carbocycles. The second-order valence-corrected chi connectivity index (χ2v) is 3.53. The van der Waals surface area contributed by atoms with Crippen LogP contribution < -0.4 is 4.90 Å². The van der Waals surface area contributed by atoms with Crippen LogP contribution in [0.3, 0.4) is 0 Å². The van der Waals surface area contributed by atoms with E-state index in [1.165, 1.54) is 0 Å². The first-order valence-corrected chi connectivity index (χ1v) is 4.76. The summed E-state index contributed by atoms with van der Waals surface area (Å²) in [5.41, 5.74) is 1.10. The van der Waals surface area contributed by atoms with Gasteiger partial charge in [0.05, 0.1) is 5.69 Å². The van der Waals surface area contributed by atoms with Gasteiger partial charge in [-0.1, -0.05) is 12.2 Å². The molecule has 0 fully saturated rings. The Bertz CT molecular complexity index is 325. The third-order valence-electron chi connectivity index (χ3n) is 1.67. The monoisotopic (exact) mass is 178 g/mol. The lowest BCUT2D eigenvalue weighted by atomic mass is 10.4. The predicted octanol–water partition coefficient (Wildman–Crippen LogP) is 2.34. The molecule has 1 aromatic heterocycles. The van der Waals surface area contributed by atoms with E-state index >= 15 is 0 Å². The summed E-state index contributed by atoms with van der Waals surface area (Å²) in [5, 5.41) is 3.15. The van der Waals surface area contributed by atoms with Crippen molar-refractivity contribution in [1.82, 2.24) is 4.98 Å². The number of allylic oxidation sites excluding steroid dienone is 2. The van der Waals surface area contributed by atoms with Crippen LogP contribution in [0.2, 0.25) is 0 Å². The van der Waals surface area contributed by atoms with Crippen LogP contribution in [0.1, 0.15) is 5.69 Å². The highest BCUT2D eigenvalue weighted by Gasteiger charge is 2.06. The van der Waals surface area contributed by atoms with Gasteiger partial charge in [-0.05, 0) is 13.0 Å². The van der Waals surface area contributed by atoms with Crippen LogP contribution in [0.25, 0.3) is 0 Å². The SMILES string of the molecule is Cc1csc(N2C=CC=CC2)n1. The van der Waals surface area contributed by atoms with Crippen LogP contribution in [-0.4, -0.2) is 11.5 Å². The molecule has 0 aliphatic carbocycles. The highest BCUT2D eigenvalue weighted by molar-refractivity contribution is 7.13. The predicted molar refractivity (Wildman–Crippen MR) is 52.5 cm³/mol. The van der Waals surface area contributed by atoms with E-state index in [4.69, 9.17) is 0 Å². The minimum Gasteiger partial charge on any atom is -0.321 e. The van der Waals surface area contributed by atoms with E-state index in [9.17, 15) is 0 Å². The van der Waals surface area contributed by atoms with Crippen molar-refractivity contribution in [2.75, 3.05) is 11.4 Å². The fourth-order valence-corrected chi connectivity index (χ4v) is 1.88. The first kappa shape index (κ1) is 7.55. The molecule has 0 saturated heterocycles. The molecule has 62 valence electrons. The maximum Gasteiger partial charge on any atom is 0.189 e. The van der Waals surface area contributed by atoms with E-state index in [0.29, 0.717) is 0 Å². The van der Waals surface area contributed by atoms with Crippen molar-refractivity contribution in [2.24, 2.45) is 0 Å². The molecule has 0 N–H and O–H groups in total. The van der Waals surface area contributed by atoms with E-state index in [0.717, 1.165) is 17.4 Å². The fourth-order valence-electron chi connectivity index (χ4n) is 1.08. The Labute approximate surface area is 75.9 Å². The molecule has 0 unspecified atom stereocenters. The number of aromatic nitrogens is 1. The average Bonchev–Trinajstić information content (AvgIpc) is 2.54. The zero-order chi connectivity index (χ0) is 8.39. The fraction of sp³-hybridized carbons (Fsp3) is 0.222. The second kappa shape index (κ2) is 3.11. The van der Waals surface area contributed by atoms with Crippen molar-refractivity contribution >= 4 is 16.5 Å². The number of aryl methyl sites for hydroxylation is 1. The number of nitrogens with zero attached hydrogens (tertiary/aromatic N) is 2. The Kier molecular flexibility index (Phi) is 1.96. The van der Waals surface area contributed by atoms with E-state index in [1.807, 2.05) is 13.0 Å². The third-order valence-corrected chi connectivity index (χ3v) is 2.66. The molecule has 0 atom stereocenters. The van der Waals surface area contributed by atoms with Gasteiger partial charge in [0.1, 0.15) is 0 Å². The van der Waals surface area contributed by atoms with Gasteiger partial charge in [0.15, 0.2) is 5.13 Å². The standard InChI is InChI=1S/C9H10N2S/c1-8-7-12-9(10-8)11-5-3-2-4-6-11/h2-5,7H,6H2,1H3. The van der Waals surface area contributed by atoms with Crippen LogP contribution in [0, 0.1) is 6.92 Å². The molecule has 2 rings (SSSR count). The number of rotatable bonds is 1. The molecule has 1 aliphatic rings. The molecule has 0 amide bonds. The minimum absolute atomic E-state index is 0.934. The summed E-state index contributed by atoms with van der Waals surface area (Å²) in [7, 11) is 0. The quantitative estimate of drug-likeness (QED) is 0.656. The van der Waals surface area contributed by atoms with Crippen molar-refractivity contribution in [2.45, 2.75) is 6.92 Å². The van der Waals surface area contributed by atoms with Crippen LogP contribution >= 0.6 is 11.3 Å². The second-order valence-electron chi connectivity index (χ2n) is 2.69. The molecule has 12 heavy (non-hydrogen) atoms. The summed E-state index contributed by atoms with van der Waals surface area (Å²) in [6.07, 6.45) is 8.26. The van der Waals surface area contributed by atoms with Gasteiger partial charge in [0.2, 0.25) is 0 Å². The lowest BCUT2D eigenvalue weighted by Crippen LogP contribution is -2.16. The highest BCUT2D eigenvalue weighted by Crippen LogP contribution is 2.21. The largest absolute Gasteiger partial charge is 0.321 e. The van der Waals surface area contributed by atoms with E-state index in [2.05, 4.69) is 33.6 Å². The Hall–Kier alpha value is -1.09. The van der Waals surface area contributed by atoms with Gasteiger partial charge < -0.3 is 4.90 Å². The zero-order valence-electron chi connectivity index (χ0n) is 6.90. The maximum atomic E-state index is 4.39. The number of thiazole rings is 1. The van der Waals surface area contributed by atoms with Gasteiger partial charge in [-0.3, -0.25) is 0 Å². The summed E-state index contributed by atoms with van der Waals surface area (Å²) < 4.78 is 0. The number of anilines is 1. The smallest absolute Gasteiger partial charge is 0.189 e. The molecule has 3 heteroatoms. The summed E-state index contributed by atoms with van der Waals surface area (Å²) >= 11 is 1.69. The Morgan fingerprint density at radius 1 is 1.50 bits per heavy atom. The summed E-state index contributed by atoms with van der Waals surface area (Å²) in [6, 6.07) is 0. The lowest BCUT2D eigenvalue weighted by molar-refractivity contribution is 1.04. The van der Waals surface area contributed by atoms with Gasteiger partial charge in [0, 0.05) is 18.1 Å². The molecule has 2 nitrogen and oxygen atoms in total. The molecule has 1 aromatic rings. The van der Waals surface area contributed by atoms with Crippen molar-refractivity contribution < 1.29 is 0 Å². The number of hydrogen-bond donors (Lipinski definition) is 0. The first-order valence-electron chi connectivity index (χ1n) is 3.88. The molecule has 0 saturated carbocycles. The molecule has 2 heterocycles. The summed E-state index contributed by atoms with van der Waals surface area (Å²) in [6.45, 7) is 2.95. The minimum atomic E-state index is 0.934. The first-order chi connectivity index (χ1) is 5.86. The molecular formula is C9H10N2S. The van der Waals surface area contributed by atoms with E-state index in [1.54, 1.807) is 11.3 Å². The van der Waals surface area contributed by atoms with Gasteiger partial charge in [-0.15, -0.1) is 11.3 Å². The summed E-state index contributed by atoms with van der Waals surface area (Å²) in [5.74, 6) is 0. The normalized spacial score (nSPS) is 15.6. The topological polar surface area (TPSA) is 16.1 Å². The highest BCUT2D eigenvalue weighted by atomic mass is 32.1. The molecule has 1 aliphatic heterocycles. The van der Waals surface area contributed by atoms with Crippen LogP contribution in [0.15, 0.2) is 29.8 Å². The van der Waals surface area contributed by atoms with Crippen LogP contribution in [0.4, 0.5) is 5.13 Å². The Morgan fingerprint density at radius 2 is 2.42 bits per heavy atom. The van der Waals surface area contributed by atoms with Crippen molar-refractivity contribution in [1.29, 1.82) is 0 Å². The average molecular weight is 178 g/mol.